The lowest BCUT2D eigenvalue weighted by atomic mass is 10.0. The van der Waals surface area contributed by atoms with Gasteiger partial charge in [0.25, 0.3) is 0 Å². The van der Waals surface area contributed by atoms with Gasteiger partial charge in [0.15, 0.2) is 0 Å². The molecule has 0 radical (unpaired) electrons. The van der Waals surface area contributed by atoms with Gasteiger partial charge in [-0.1, -0.05) is 122 Å². The van der Waals surface area contributed by atoms with E-state index in [1.807, 2.05) is 0 Å². The van der Waals surface area contributed by atoms with Gasteiger partial charge in [0.2, 0.25) is 5.91 Å². The fourth-order valence-corrected chi connectivity index (χ4v) is 3.72. The average Bonchev–Trinajstić information content (AvgIpc) is 2.73. The lowest BCUT2D eigenvalue weighted by molar-refractivity contribution is -0.121. The summed E-state index contributed by atoms with van der Waals surface area (Å²) in [5.74, 6) is 0.145. The van der Waals surface area contributed by atoms with E-state index >= 15 is 0 Å². The van der Waals surface area contributed by atoms with Crippen LogP contribution in [0.15, 0.2) is 12.2 Å². The molecule has 0 saturated heterocycles. The highest BCUT2D eigenvalue weighted by molar-refractivity contribution is 5.76. The molecule has 3 heteroatoms. The Hall–Kier alpha value is -0.830. The molecule has 0 aromatic rings. The molecule has 172 valence electrons. The van der Waals surface area contributed by atoms with Gasteiger partial charge in [-0.2, -0.15) is 0 Å². The zero-order valence-corrected chi connectivity index (χ0v) is 19.9. The van der Waals surface area contributed by atoms with Crippen LogP contribution in [0.1, 0.15) is 136 Å². The highest BCUT2D eigenvalue weighted by Gasteiger charge is 2.07. The summed E-state index contributed by atoms with van der Waals surface area (Å²) < 4.78 is 0. The molecule has 0 aliphatic carbocycles. The number of rotatable bonds is 22. The minimum atomic E-state index is -0.00420. The number of carbonyl (C=O) groups excluding carboxylic acids is 1. The van der Waals surface area contributed by atoms with Crippen LogP contribution in [0.25, 0.3) is 0 Å². The topological polar surface area (TPSA) is 55.1 Å². The van der Waals surface area contributed by atoms with Crippen LogP contribution < -0.4 is 11.1 Å². The fourth-order valence-electron chi connectivity index (χ4n) is 3.72. The van der Waals surface area contributed by atoms with Gasteiger partial charge < -0.3 is 11.1 Å². The molecule has 0 aliphatic rings. The maximum atomic E-state index is 12.0. The highest BCUT2D eigenvalue weighted by Crippen LogP contribution is 2.12. The van der Waals surface area contributed by atoms with Crippen molar-refractivity contribution < 1.29 is 4.79 Å². The number of nitrogens with two attached hydrogens (primary N) is 1. The maximum absolute atomic E-state index is 12.0. The normalized spacial score (nSPS) is 12.5. The molecule has 0 saturated carbocycles. The Kier molecular flexibility index (Phi) is 22.8. The van der Waals surface area contributed by atoms with Crippen molar-refractivity contribution in [3.05, 3.63) is 12.2 Å². The van der Waals surface area contributed by atoms with Gasteiger partial charge in [-0.05, 0) is 19.3 Å². The predicted molar refractivity (Wildman–Crippen MR) is 129 cm³/mol. The van der Waals surface area contributed by atoms with E-state index in [0.29, 0.717) is 13.0 Å². The number of amides is 1. The lowest BCUT2D eigenvalue weighted by Crippen LogP contribution is -2.38. The lowest BCUT2D eigenvalue weighted by Gasteiger charge is -2.12. The zero-order chi connectivity index (χ0) is 21.4. The molecule has 0 heterocycles. The summed E-state index contributed by atoms with van der Waals surface area (Å²) in [7, 11) is 0. The molecule has 0 fully saturated rings. The third-order valence-electron chi connectivity index (χ3n) is 5.70. The minimum absolute atomic E-state index is 0.00420. The molecule has 3 N–H and O–H groups in total. The standard InChI is InChI=1S/C26H52N2O/c1-3-5-7-9-10-11-12-13-14-15-16-17-19-20-22-25(24-27)28-26(29)23-21-18-8-6-4-2/h20,22,25H,3-19,21,23-24,27H2,1-2H3,(H,28,29)/b22-20-/t25-/m1/s1. The van der Waals surface area contributed by atoms with Crippen LogP contribution in [0.3, 0.4) is 0 Å². The number of nitrogens with one attached hydrogen (secondary N) is 1. The molecule has 1 atom stereocenters. The molecule has 0 aromatic carbocycles. The SMILES string of the molecule is CCCCCCCCCCCCCC/C=C\[C@H](CN)NC(=O)CCCCCCC. The summed E-state index contributed by atoms with van der Waals surface area (Å²) in [4.78, 5) is 12.0. The minimum Gasteiger partial charge on any atom is -0.349 e. The van der Waals surface area contributed by atoms with E-state index in [9.17, 15) is 4.79 Å². The number of unbranched alkanes of at least 4 members (excludes halogenated alkanes) is 16. The Morgan fingerprint density at radius 1 is 0.724 bits per heavy atom. The quantitative estimate of drug-likeness (QED) is 0.144. The Labute approximate surface area is 182 Å². The summed E-state index contributed by atoms with van der Waals surface area (Å²) in [6.45, 7) is 4.97. The predicted octanol–water partition coefficient (Wildman–Crippen LogP) is 7.44. The van der Waals surface area contributed by atoms with Gasteiger partial charge >= 0.3 is 0 Å². The summed E-state index contributed by atoms with van der Waals surface area (Å²) >= 11 is 0. The second kappa shape index (κ2) is 23.4. The maximum Gasteiger partial charge on any atom is 0.220 e. The molecular formula is C26H52N2O. The first-order valence-corrected chi connectivity index (χ1v) is 12.9. The van der Waals surface area contributed by atoms with Crippen molar-refractivity contribution in [2.75, 3.05) is 6.54 Å². The molecule has 0 rings (SSSR count). The first-order chi connectivity index (χ1) is 14.2. The third-order valence-corrected chi connectivity index (χ3v) is 5.70. The summed E-state index contributed by atoms with van der Waals surface area (Å²) in [5.41, 5.74) is 5.80. The molecule has 0 aliphatic heterocycles. The van der Waals surface area contributed by atoms with Crippen LogP contribution in [-0.4, -0.2) is 18.5 Å². The van der Waals surface area contributed by atoms with Crippen LogP contribution in [-0.2, 0) is 4.79 Å². The second-order valence-corrected chi connectivity index (χ2v) is 8.68. The molecule has 0 spiro atoms. The van der Waals surface area contributed by atoms with Crippen molar-refractivity contribution in [2.24, 2.45) is 5.73 Å². The van der Waals surface area contributed by atoms with Crippen LogP contribution >= 0.6 is 0 Å². The van der Waals surface area contributed by atoms with Crippen molar-refractivity contribution in [1.29, 1.82) is 0 Å². The fraction of sp³-hybridized carbons (Fsp3) is 0.885. The first kappa shape index (κ1) is 28.2. The van der Waals surface area contributed by atoms with Crippen LogP contribution in [0.5, 0.6) is 0 Å². The molecule has 0 aromatic heterocycles. The van der Waals surface area contributed by atoms with Crippen molar-refractivity contribution in [1.82, 2.24) is 5.32 Å². The monoisotopic (exact) mass is 408 g/mol. The number of hydrogen-bond donors (Lipinski definition) is 2. The summed E-state index contributed by atoms with van der Waals surface area (Å²) in [5, 5.41) is 3.05. The largest absolute Gasteiger partial charge is 0.349 e. The van der Waals surface area contributed by atoms with Gasteiger partial charge in [0, 0.05) is 13.0 Å². The van der Waals surface area contributed by atoms with E-state index in [1.54, 1.807) is 0 Å². The van der Waals surface area contributed by atoms with Gasteiger partial charge in [0.05, 0.1) is 6.04 Å². The van der Waals surface area contributed by atoms with E-state index in [0.717, 1.165) is 19.3 Å². The van der Waals surface area contributed by atoms with E-state index < -0.39 is 0 Å². The number of carbonyl (C=O) groups is 1. The van der Waals surface area contributed by atoms with Gasteiger partial charge in [-0.25, -0.2) is 0 Å². The molecule has 3 nitrogen and oxygen atoms in total. The van der Waals surface area contributed by atoms with Gasteiger partial charge in [-0.15, -0.1) is 0 Å². The Balaban J connectivity index is 3.50. The van der Waals surface area contributed by atoms with Crippen molar-refractivity contribution >= 4 is 5.91 Å². The van der Waals surface area contributed by atoms with Gasteiger partial charge in [0.1, 0.15) is 0 Å². The van der Waals surface area contributed by atoms with Crippen LogP contribution in [0, 0.1) is 0 Å². The molecule has 0 unspecified atom stereocenters. The Morgan fingerprint density at radius 3 is 1.66 bits per heavy atom. The Morgan fingerprint density at radius 2 is 1.17 bits per heavy atom. The van der Waals surface area contributed by atoms with Crippen LogP contribution in [0.2, 0.25) is 0 Å². The molecular weight excluding hydrogens is 356 g/mol. The highest BCUT2D eigenvalue weighted by atomic mass is 16.1. The zero-order valence-electron chi connectivity index (χ0n) is 19.9. The first-order valence-electron chi connectivity index (χ1n) is 12.9. The van der Waals surface area contributed by atoms with E-state index in [1.165, 1.54) is 96.3 Å². The van der Waals surface area contributed by atoms with E-state index in [-0.39, 0.29) is 11.9 Å². The van der Waals surface area contributed by atoms with Crippen molar-refractivity contribution in [3.63, 3.8) is 0 Å². The number of hydrogen-bond acceptors (Lipinski definition) is 2. The summed E-state index contributed by atoms with van der Waals surface area (Å²) in [6.07, 6.45) is 28.5. The Bertz CT molecular complexity index is 368. The third kappa shape index (κ3) is 21.7. The number of allylic oxidation sites excluding steroid dienone is 1. The van der Waals surface area contributed by atoms with Gasteiger partial charge in [-0.3, -0.25) is 4.79 Å². The average molecular weight is 409 g/mol. The van der Waals surface area contributed by atoms with Crippen LogP contribution in [0.4, 0.5) is 0 Å². The van der Waals surface area contributed by atoms with E-state index in [2.05, 4.69) is 31.3 Å². The second-order valence-electron chi connectivity index (χ2n) is 8.68. The van der Waals surface area contributed by atoms with Crippen molar-refractivity contribution in [2.45, 2.75) is 142 Å². The molecule has 29 heavy (non-hydrogen) atoms. The smallest absolute Gasteiger partial charge is 0.220 e. The van der Waals surface area contributed by atoms with Crippen molar-refractivity contribution in [3.8, 4) is 0 Å². The van der Waals surface area contributed by atoms with E-state index in [4.69, 9.17) is 5.73 Å². The molecule has 1 amide bonds. The molecule has 0 bridgehead atoms. The summed E-state index contributed by atoms with van der Waals surface area (Å²) in [6, 6.07) is -0.00420.